The molecule has 0 bridgehead atoms. The van der Waals surface area contributed by atoms with Gasteiger partial charge in [0.25, 0.3) is 0 Å². The van der Waals surface area contributed by atoms with E-state index in [-0.39, 0.29) is 17.7 Å². The van der Waals surface area contributed by atoms with E-state index in [2.05, 4.69) is 5.32 Å². The lowest BCUT2D eigenvalue weighted by Crippen LogP contribution is -2.59. The number of anilines is 1. The van der Waals surface area contributed by atoms with Crippen LogP contribution in [0.2, 0.25) is 0 Å². The van der Waals surface area contributed by atoms with Crippen LogP contribution in [0.15, 0.2) is 30.3 Å². The lowest BCUT2D eigenvalue weighted by molar-refractivity contribution is -0.143. The molecule has 0 aliphatic carbocycles. The van der Waals surface area contributed by atoms with Crippen LogP contribution >= 0.6 is 0 Å². The molecule has 2 heterocycles. The molecule has 0 aromatic heterocycles. The molecular formula is C20H29N3O3. The minimum absolute atomic E-state index is 0.0690. The molecular weight excluding hydrogens is 330 g/mol. The molecule has 26 heavy (non-hydrogen) atoms. The summed E-state index contributed by atoms with van der Waals surface area (Å²) in [5, 5.41) is 3.47. The van der Waals surface area contributed by atoms with Crippen LogP contribution in [0.25, 0.3) is 0 Å². The van der Waals surface area contributed by atoms with E-state index >= 15 is 0 Å². The summed E-state index contributed by atoms with van der Waals surface area (Å²) in [4.78, 5) is 29.3. The Balaban J connectivity index is 1.70. The second kappa shape index (κ2) is 8.08. The number of amides is 2. The molecule has 2 fully saturated rings. The number of likely N-dealkylation sites (tertiary alicyclic amines) is 1. The van der Waals surface area contributed by atoms with Crippen molar-refractivity contribution in [3.05, 3.63) is 30.3 Å². The monoisotopic (exact) mass is 359 g/mol. The summed E-state index contributed by atoms with van der Waals surface area (Å²) in [6.07, 6.45) is 2.85. The van der Waals surface area contributed by atoms with E-state index in [9.17, 15) is 9.59 Å². The zero-order chi connectivity index (χ0) is 18.6. The number of carbonyl (C=O) groups is 2. The number of rotatable bonds is 4. The van der Waals surface area contributed by atoms with Crippen LogP contribution in [-0.4, -0.2) is 67.6 Å². The molecule has 1 aromatic carbocycles. The maximum Gasteiger partial charge on any atom is 0.247 e. The van der Waals surface area contributed by atoms with E-state index in [0.29, 0.717) is 39.1 Å². The van der Waals surface area contributed by atoms with Crippen molar-refractivity contribution in [2.75, 3.05) is 45.7 Å². The number of nitrogens with zero attached hydrogens (tertiary/aromatic N) is 2. The molecule has 0 radical (unpaired) electrons. The summed E-state index contributed by atoms with van der Waals surface area (Å²) in [6, 6.07) is 9.83. The van der Waals surface area contributed by atoms with Crippen molar-refractivity contribution >= 4 is 17.5 Å². The Labute approximate surface area is 155 Å². The first-order valence-corrected chi connectivity index (χ1v) is 9.43. The van der Waals surface area contributed by atoms with Crippen LogP contribution < -0.4 is 5.32 Å². The summed E-state index contributed by atoms with van der Waals surface area (Å²) < 4.78 is 5.36. The van der Waals surface area contributed by atoms with E-state index < -0.39 is 5.54 Å². The average Bonchev–Trinajstić information content (AvgIpc) is 2.69. The third-order valence-corrected chi connectivity index (χ3v) is 5.47. The Bertz CT molecular complexity index is 618. The molecule has 1 N–H and O–H groups in total. The van der Waals surface area contributed by atoms with Crippen molar-refractivity contribution in [3.8, 4) is 0 Å². The quantitative estimate of drug-likeness (QED) is 0.893. The Morgan fingerprint density at radius 2 is 1.73 bits per heavy atom. The minimum Gasteiger partial charge on any atom is -0.381 e. The van der Waals surface area contributed by atoms with Crippen LogP contribution in [0.5, 0.6) is 0 Å². The standard InChI is InChI=1S/C20H29N3O3/c1-22(2)19(25)20(21-17-6-4-3-5-7-17)10-12-23(13-11-20)18(24)16-8-14-26-15-9-16/h3-7,16,21H,8-15H2,1-2H3. The van der Waals surface area contributed by atoms with Crippen molar-refractivity contribution in [2.45, 2.75) is 31.2 Å². The molecule has 2 aliphatic heterocycles. The van der Waals surface area contributed by atoms with E-state index in [1.807, 2.05) is 35.2 Å². The van der Waals surface area contributed by atoms with Crippen LogP contribution in [0.1, 0.15) is 25.7 Å². The highest BCUT2D eigenvalue weighted by Gasteiger charge is 2.44. The second-order valence-electron chi connectivity index (χ2n) is 7.48. The van der Waals surface area contributed by atoms with Crippen molar-refractivity contribution in [3.63, 3.8) is 0 Å². The van der Waals surface area contributed by atoms with E-state index in [0.717, 1.165) is 18.5 Å². The molecule has 2 aliphatic rings. The van der Waals surface area contributed by atoms with Gasteiger partial charge in [0, 0.05) is 52.0 Å². The second-order valence-corrected chi connectivity index (χ2v) is 7.48. The summed E-state index contributed by atoms with van der Waals surface area (Å²) in [5.74, 6) is 0.362. The van der Waals surface area contributed by atoms with Crippen molar-refractivity contribution in [2.24, 2.45) is 5.92 Å². The lowest BCUT2D eigenvalue weighted by Gasteiger charge is -2.43. The summed E-state index contributed by atoms with van der Waals surface area (Å²) in [5.41, 5.74) is 0.282. The number of para-hydroxylation sites is 1. The topological polar surface area (TPSA) is 61.9 Å². The van der Waals surface area contributed by atoms with Gasteiger partial charge in [0.05, 0.1) is 0 Å². The first kappa shape index (κ1) is 18.7. The van der Waals surface area contributed by atoms with Crippen LogP contribution in [0.3, 0.4) is 0 Å². The van der Waals surface area contributed by atoms with Gasteiger partial charge in [-0.2, -0.15) is 0 Å². The number of hydrogen-bond donors (Lipinski definition) is 1. The molecule has 1 aromatic rings. The maximum absolute atomic E-state index is 12.9. The van der Waals surface area contributed by atoms with E-state index in [1.54, 1.807) is 19.0 Å². The molecule has 142 valence electrons. The molecule has 0 unspecified atom stereocenters. The molecule has 0 atom stereocenters. The third kappa shape index (κ3) is 4.01. The first-order chi connectivity index (χ1) is 12.5. The fraction of sp³-hybridized carbons (Fsp3) is 0.600. The Kier molecular flexibility index (Phi) is 5.81. The zero-order valence-corrected chi connectivity index (χ0v) is 15.7. The normalized spacial score (nSPS) is 20.5. The zero-order valence-electron chi connectivity index (χ0n) is 15.7. The minimum atomic E-state index is -0.655. The van der Waals surface area contributed by atoms with Gasteiger partial charge < -0.3 is 19.9 Å². The number of nitrogens with one attached hydrogen (secondary N) is 1. The lowest BCUT2D eigenvalue weighted by atomic mass is 9.84. The highest BCUT2D eigenvalue weighted by Crippen LogP contribution is 2.30. The number of ether oxygens (including phenoxy) is 1. The van der Waals surface area contributed by atoms with Gasteiger partial charge in [0.1, 0.15) is 5.54 Å². The van der Waals surface area contributed by atoms with Crippen LogP contribution in [0.4, 0.5) is 5.69 Å². The van der Waals surface area contributed by atoms with Gasteiger partial charge in [0.15, 0.2) is 0 Å². The average molecular weight is 359 g/mol. The van der Waals surface area contributed by atoms with Gasteiger partial charge in [-0.1, -0.05) is 18.2 Å². The van der Waals surface area contributed by atoms with Crippen LogP contribution in [0, 0.1) is 5.92 Å². The fourth-order valence-corrected chi connectivity index (χ4v) is 3.93. The smallest absolute Gasteiger partial charge is 0.247 e. The fourth-order valence-electron chi connectivity index (χ4n) is 3.93. The number of likely N-dealkylation sites (N-methyl/N-ethyl adjacent to an activating group) is 1. The van der Waals surface area contributed by atoms with Gasteiger partial charge in [-0.25, -0.2) is 0 Å². The molecule has 0 spiro atoms. The summed E-state index contributed by atoms with van der Waals surface area (Å²) in [6.45, 7) is 2.55. The number of piperidine rings is 1. The van der Waals surface area contributed by atoms with Gasteiger partial charge >= 0.3 is 0 Å². The molecule has 2 saturated heterocycles. The third-order valence-electron chi connectivity index (χ3n) is 5.47. The molecule has 0 saturated carbocycles. The van der Waals surface area contributed by atoms with Gasteiger partial charge in [-0.15, -0.1) is 0 Å². The number of carbonyl (C=O) groups excluding carboxylic acids is 2. The molecule has 3 rings (SSSR count). The molecule has 6 nitrogen and oxygen atoms in total. The molecule has 6 heteroatoms. The predicted octanol–water partition coefficient (Wildman–Crippen LogP) is 1.97. The highest BCUT2D eigenvalue weighted by atomic mass is 16.5. The van der Waals surface area contributed by atoms with E-state index in [4.69, 9.17) is 4.74 Å². The van der Waals surface area contributed by atoms with E-state index in [1.165, 1.54) is 0 Å². The Morgan fingerprint density at radius 1 is 1.12 bits per heavy atom. The summed E-state index contributed by atoms with van der Waals surface area (Å²) >= 11 is 0. The van der Waals surface area contributed by atoms with Crippen molar-refractivity contribution in [1.29, 1.82) is 0 Å². The number of benzene rings is 1. The first-order valence-electron chi connectivity index (χ1n) is 9.43. The number of hydrogen-bond acceptors (Lipinski definition) is 4. The van der Waals surface area contributed by atoms with Crippen LogP contribution in [-0.2, 0) is 14.3 Å². The maximum atomic E-state index is 12.9. The largest absolute Gasteiger partial charge is 0.381 e. The van der Waals surface area contributed by atoms with Crippen molar-refractivity contribution < 1.29 is 14.3 Å². The Morgan fingerprint density at radius 3 is 2.31 bits per heavy atom. The van der Waals surface area contributed by atoms with Gasteiger partial charge in [-0.3, -0.25) is 9.59 Å². The van der Waals surface area contributed by atoms with Gasteiger partial charge in [-0.05, 0) is 37.8 Å². The SMILES string of the molecule is CN(C)C(=O)C1(Nc2ccccc2)CCN(C(=O)C2CCOCC2)CC1. The predicted molar refractivity (Wildman–Crippen MR) is 101 cm³/mol. The summed E-state index contributed by atoms with van der Waals surface area (Å²) in [7, 11) is 3.58. The van der Waals surface area contributed by atoms with Gasteiger partial charge in [0.2, 0.25) is 11.8 Å². The Hall–Kier alpha value is -2.08. The highest BCUT2D eigenvalue weighted by molar-refractivity contribution is 5.90. The molecule has 2 amide bonds. The van der Waals surface area contributed by atoms with Crippen molar-refractivity contribution in [1.82, 2.24) is 9.80 Å².